The zero-order valence-electron chi connectivity index (χ0n) is 24.0. The fourth-order valence-electron chi connectivity index (χ4n) is 3.84. The number of amides is 1. The molecule has 0 aromatic heterocycles. The normalized spacial score (nSPS) is 12.5. The molecule has 2 atom stereocenters. The Hall–Kier alpha value is -3.49. The van der Waals surface area contributed by atoms with E-state index in [4.69, 9.17) is 4.74 Å². The highest BCUT2D eigenvalue weighted by atomic mass is 32.2. The van der Waals surface area contributed by atoms with Crippen molar-refractivity contribution < 1.29 is 27.9 Å². The van der Waals surface area contributed by atoms with Crippen LogP contribution in [0.2, 0.25) is 0 Å². The van der Waals surface area contributed by atoms with Gasteiger partial charge in [0.25, 0.3) is 5.91 Å². The third-order valence-electron chi connectivity index (χ3n) is 6.41. The van der Waals surface area contributed by atoms with E-state index in [1.54, 1.807) is 12.1 Å². The van der Waals surface area contributed by atoms with Crippen molar-refractivity contribution >= 4 is 21.7 Å². The van der Waals surface area contributed by atoms with Crippen LogP contribution in [0.3, 0.4) is 0 Å². The number of nitrogens with one attached hydrogen (secondary N) is 1. The Balaban J connectivity index is 0.00000131. The minimum absolute atomic E-state index is 0.123. The topological polar surface area (TPSA) is 110 Å². The summed E-state index contributed by atoms with van der Waals surface area (Å²) in [5.74, 6) is -2.21. The van der Waals surface area contributed by atoms with Crippen molar-refractivity contribution in [1.29, 1.82) is 0 Å². The molecule has 2 N–H and O–H groups in total. The van der Waals surface area contributed by atoms with Gasteiger partial charge in [0.05, 0.1) is 18.5 Å². The monoisotopic (exact) mass is 567 g/mol. The van der Waals surface area contributed by atoms with E-state index in [9.17, 15) is 23.1 Å². The number of unbranched alkanes of at least 4 members (excludes halogenated alkanes) is 1. The van der Waals surface area contributed by atoms with Gasteiger partial charge in [-0.3, -0.25) is 4.79 Å². The fourth-order valence-corrected chi connectivity index (χ4v) is 4.51. The van der Waals surface area contributed by atoms with Crippen LogP contribution in [0.5, 0.6) is 0 Å². The summed E-state index contributed by atoms with van der Waals surface area (Å²) < 4.78 is 29.1. The summed E-state index contributed by atoms with van der Waals surface area (Å²) in [4.78, 5) is 24.9. The highest BCUT2D eigenvalue weighted by molar-refractivity contribution is 7.90. The maximum atomic E-state index is 13.2. The maximum absolute atomic E-state index is 13.2. The summed E-state index contributed by atoms with van der Waals surface area (Å²) in [7, 11) is -3.38. The first-order chi connectivity index (χ1) is 19.0. The second-order valence-corrected chi connectivity index (χ2v) is 12.1. The summed E-state index contributed by atoms with van der Waals surface area (Å²) in [6.07, 6.45) is 3.33. The third kappa shape index (κ3) is 10.6. The predicted octanol–water partition coefficient (Wildman–Crippen LogP) is 6.36. The van der Waals surface area contributed by atoms with Gasteiger partial charge in [-0.05, 0) is 60.2 Å². The van der Waals surface area contributed by atoms with Crippen LogP contribution in [-0.2, 0) is 26.0 Å². The number of hydrogen-bond donors (Lipinski definition) is 2. The molecule has 8 heteroatoms. The highest BCUT2D eigenvalue weighted by Gasteiger charge is 2.24. The van der Waals surface area contributed by atoms with E-state index in [0.717, 1.165) is 28.5 Å². The summed E-state index contributed by atoms with van der Waals surface area (Å²) in [5.41, 5.74) is 4.65. The summed E-state index contributed by atoms with van der Waals surface area (Å²) in [6.45, 7) is 8.59. The molecular weight excluding hydrogens is 526 g/mol. The van der Waals surface area contributed by atoms with Crippen molar-refractivity contribution in [3.63, 3.8) is 0 Å². The fraction of sp³-hybridized carbons (Fsp3) is 0.375. The van der Waals surface area contributed by atoms with Gasteiger partial charge in [-0.2, -0.15) is 0 Å². The zero-order chi connectivity index (χ0) is 29.7. The molecule has 0 saturated carbocycles. The molecule has 3 rings (SSSR count). The largest absolute Gasteiger partial charge is 0.480 e. The number of carboxylic acid groups (broad SMARTS) is 1. The SMILES string of the molecule is CCCC.Cc1ccccc1-c1cc(COC(C)c2ccccc2)ccc1C(=O)NC(CCS(C)(=O)=O)C(=O)O. The number of benzene rings is 3. The Morgan fingerprint density at radius 3 is 2.12 bits per heavy atom. The van der Waals surface area contributed by atoms with Gasteiger partial charge in [0.1, 0.15) is 15.9 Å². The zero-order valence-corrected chi connectivity index (χ0v) is 24.8. The number of carbonyl (C=O) groups excluding carboxylic acids is 1. The molecule has 0 spiro atoms. The lowest BCUT2D eigenvalue weighted by Crippen LogP contribution is -2.42. The Labute approximate surface area is 238 Å². The molecule has 0 aliphatic carbocycles. The lowest BCUT2D eigenvalue weighted by atomic mass is 9.93. The first kappa shape index (κ1) is 32.7. The molecule has 0 radical (unpaired) electrons. The van der Waals surface area contributed by atoms with Crippen LogP contribution in [0.1, 0.15) is 73.2 Å². The first-order valence-corrected chi connectivity index (χ1v) is 15.6. The minimum Gasteiger partial charge on any atom is -0.480 e. The van der Waals surface area contributed by atoms with Crippen LogP contribution < -0.4 is 5.32 Å². The average Bonchev–Trinajstić information content (AvgIpc) is 2.94. The Morgan fingerprint density at radius 2 is 1.55 bits per heavy atom. The molecule has 0 bridgehead atoms. The Kier molecular flexibility index (Phi) is 13.0. The Bertz CT molecular complexity index is 1350. The second-order valence-electron chi connectivity index (χ2n) is 9.84. The molecule has 1 amide bonds. The van der Waals surface area contributed by atoms with Crippen molar-refractivity contribution in [2.24, 2.45) is 0 Å². The van der Waals surface area contributed by atoms with Gasteiger partial charge in [0.2, 0.25) is 0 Å². The van der Waals surface area contributed by atoms with E-state index >= 15 is 0 Å². The molecule has 3 aromatic rings. The second kappa shape index (κ2) is 15.9. The van der Waals surface area contributed by atoms with Gasteiger partial charge >= 0.3 is 5.97 Å². The van der Waals surface area contributed by atoms with Crippen LogP contribution in [0.25, 0.3) is 11.1 Å². The summed E-state index contributed by atoms with van der Waals surface area (Å²) in [6, 6.07) is 21.4. The Morgan fingerprint density at radius 1 is 0.925 bits per heavy atom. The third-order valence-corrected chi connectivity index (χ3v) is 7.39. The van der Waals surface area contributed by atoms with E-state index in [1.165, 1.54) is 12.8 Å². The number of carboxylic acids is 1. The number of carbonyl (C=O) groups is 2. The van der Waals surface area contributed by atoms with Crippen molar-refractivity contribution in [1.82, 2.24) is 5.32 Å². The first-order valence-electron chi connectivity index (χ1n) is 13.5. The van der Waals surface area contributed by atoms with Gasteiger partial charge in [-0.1, -0.05) is 87.4 Å². The standard InChI is InChI=1S/C28H31NO6S.C4H10/c1-19-9-7-8-12-23(19)25-17-21(18-35-20(2)22-10-5-4-6-11-22)13-14-24(25)27(30)29-26(28(31)32)15-16-36(3,33)34;1-3-4-2/h4-14,17,20,26H,15-16,18H2,1-3H3,(H,29,30)(H,31,32);3-4H2,1-2H3. The number of ether oxygens (including phenoxy) is 1. The molecule has 0 fully saturated rings. The van der Waals surface area contributed by atoms with Crippen LogP contribution >= 0.6 is 0 Å². The number of aliphatic carboxylic acids is 1. The molecule has 7 nitrogen and oxygen atoms in total. The van der Waals surface area contributed by atoms with Gasteiger partial charge in [0, 0.05) is 11.8 Å². The van der Waals surface area contributed by atoms with Gasteiger partial charge < -0.3 is 15.2 Å². The molecule has 40 heavy (non-hydrogen) atoms. The highest BCUT2D eigenvalue weighted by Crippen LogP contribution is 2.29. The number of aryl methyl sites for hydroxylation is 1. The number of sulfone groups is 1. The smallest absolute Gasteiger partial charge is 0.326 e. The van der Waals surface area contributed by atoms with E-state index < -0.39 is 27.8 Å². The average molecular weight is 568 g/mol. The van der Waals surface area contributed by atoms with Crippen molar-refractivity contribution in [3.8, 4) is 11.1 Å². The predicted molar refractivity (Wildman–Crippen MR) is 160 cm³/mol. The van der Waals surface area contributed by atoms with E-state index in [0.29, 0.717) is 17.7 Å². The van der Waals surface area contributed by atoms with Crippen molar-refractivity contribution in [2.45, 2.75) is 65.7 Å². The lowest BCUT2D eigenvalue weighted by Gasteiger charge is -2.18. The van der Waals surface area contributed by atoms with Gasteiger partial charge in [0.15, 0.2) is 0 Å². The van der Waals surface area contributed by atoms with Crippen LogP contribution in [0.15, 0.2) is 72.8 Å². The molecule has 0 aliphatic heterocycles. The maximum Gasteiger partial charge on any atom is 0.326 e. The molecule has 0 aliphatic rings. The summed E-state index contributed by atoms with van der Waals surface area (Å²) in [5, 5.41) is 12.0. The molecule has 0 heterocycles. The van der Waals surface area contributed by atoms with Gasteiger partial charge in [-0.25, -0.2) is 13.2 Å². The van der Waals surface area contributed by atoms with Gasteiger partial charge in [-0.15, -0.1) is 0 Å². The van der Waals surface area contributed by atoms with Crippen LogP contribution in [0, 0.1) is 6.92 Å². The summed E-state index contributed by atoms with van der Waals surface area (Å²) >= 11 is 0. The quantitative estimate of drug-likeness (QED) is 0.263. The van der Waals surface area contributed by atoms with E-state index in [1.807, 2.05) is 74.5 Å². The van der Waals surface area contributed by atoms with Crippen molar-refractivity contribution in [3.05, 3.63) is 95.1 Å². The minimum atomic E-state index is -3.38. The van der Waals surface area contributed by atoms with Crippen LogP contribution in [-0.4, -0.2) is 43.5 Å². The number of rotatable bonds is 12. The molecule has 0 saturated heterocycles. The van der Waals surface area contributed by atoms with Crippen LogP contribution in [0.4, 0.5) is 0 Å². The van der Waals surface area contributed by atoms with E-state index in [2.05, 4.69) is 19.2 Å². The molecular formula is C32H41NO6S. The molecule has 216 valence electrons. The lowest BCUT2D eigenvalue weighted by molar-refractivity contribution is -0.139. The van der Waals surface area contributed by atoms with E-state index in [-0.39, 0.29) is 18.3 Å². The molecule has 2 unspecified atom stereocenters. The number of hydrogen-bond acceptors (Lipinski definition) is 5. The van der Waals surface area contributed by atoms with Crippen molar-refractivity contribution in [2.75, 3.05) is 12.0 Å². The molecule has 3 aromatic carbocycles.